The van der Waals surface area contributed by atoms with E-state index in [1.54, 1.807) is 6.92 Å². The maximum absolute atomic E-state index is 12.7. The number of aliphatic hydroxyl groups excluding tert-OH is 2. The van der Waals surface area contributed by atoms with E-state index in [0.717, 1.165) is 17.2 Å². The SMILES string of the molecule is CCNC(=O)[C@H]1O[C@@H](n2cnc3c(N)nc(NCCc4ccc(CCC(=O)Nc5ccc(OC(=O)CCCCN=[N+]=[N-])c([N+](=O)[O-])c5)cc4)nc32)[C@H](O)[C@@H]1O. The summed E-state index contributed by atoms with van der Waals surface area (Å²) < 4.78 is 12.2. The van der Waals surface area contributed by atoms with E-state index in [-0.39, 0.29) is 59.7 Å². The van der Waals surface area contributed by atoms with Gasteiger partial charge in [-0.15, -0.1) is 0 Å². The van der Waals surface area contributed by atoms with Crippen molar-refractivity contribution in [1.82, 2.24) is 24.8 Å². The van der Waals surface area contributed by atoms with Crippen LogP contribution in [0, 0.1) is 10.1 Å². The molecule has 4 aromatic rings. The highest BCUT2D eigenvalue weighted by atomic mass is 16.6. The molecular weight excluding hydrogens is 720 g/mol. The summed E-state index contributed by atoms with van der Waals surface area (Å²) in [7, 11) is 0. The fraction of sp³-hybridized carbons (Fsp3) is 0.412. The molecule has 4 atom stereocenters. The predicted octanol–water partition coefficient (Wildman–Crippen LogP) is 2.68. The number of rotatable bonds is 18. The number of carbonyl (C=O) groups excluding carboxylic acids is 3. The second-order valence-electron chi connectivity index (χ2n) is 12.4. The van der Waals surface area contributed by atoms with Crippen molar-refractivity contribution in [2.75, 3.05) is 36.0 Å². The number of aryl methyl sites for hydroxylation is 1. The molecule has 55 heavy (non-hydrogen) atoms. The Labute approximate surface area is 313 Å². The summed E-state index contributed by atoms with van der Waals surface area (Å²) in [6.45, 7) is 2.70. The Morgan fingerprint density at radius 1 is 1.09 bits per heavy atom. The number of aliphatic hydroxyl groups is 2. The summed E-state index contributed by atoms with van der Waals surface area (Å²) in [6, 6.07) is 11.4. The molecule has 0 saturated carbocycles. The van der Waals surface area contributed by atoms with E-state index in [1.807, 2.05) is 24.3 Å². The first-order valence-corrected chi connectivity index (χ1v) is 17.4. The van der Waals surface area contributed by atoms with Crippen molar-refractivity contribution in [2.24, 2.45) is 5.11 Å². The number of imidazole rings is 1. The first-order chi connectivity index (χ1) is 26.5. The van der Waals surface area contributed by atoms with Crippen LogP contribution in [0.2, 0.25) is 0 Å². The topological polar surface area (TPSA) is 308 Å². The van der Waals surface area contributed by atoms with Crippen LogP contribution in [0.5, 0.6) is 5.75 Å². The third-order valence-corrected chi connectivity index (χ3v) is 8.55. The summed E-state index contributed by atoms with van der Waals surface area (Å²) in [4.78, 5) is 63.6. The molecule has 290 valence electrons. The molecule has 0 aliphatic carbocycles. The largest absolute Gasteiger partial charge is 0.419 e. The molecule has 2 aromatic heterocycles. The number of anilines is 3. The van der Waals surface area contributed by atoms with Crippen molar-refractivity contribution >= 4 is 52.1 Å². The van der Waals surface area contributed by atoms with E-state index >= 15 is 0 Å². The van der Waals surface area contributed by atoms with Crippen LogP contribution in [0.4, 0.5) is 23.1 Å². The second-order valence-corrected chi connectivity index (χ2v) is 12.4. The fourth-order valence-electron chi connectivity index (χ4n) is 5.75. The molecular formula is C34H40N12O9. The molecule has 0 radical (unpaired) electrons. The number of nitro benzene ring substituents is 1. The van der Waals surface area contributed by atoms with Crippen LogP contribution < -0.4 is 26.4 Å². The van der Waals surface area contributed by atoms with E-state index < -0.39 is 47.0 Å². The van der Waals surface area contributed by atoms with Crippen molar-refractivity contribution in [3.63, 3.8) is 0 Å². The van der Waals surface area contributed by atoms with Crippen LogP contribution >= 0.6 is 0 Å². The zero-order chi connectivity index (χ0) is 39.5. The number of benzene rings is 2. The first-order valence-electron chi connectivity index (χ1n) is 17.4. The van der Waals surface area contributed by atoms with Gasteiger partial charge >= 0.3 is 11.7 Å². The summed E-state index contributed by atoms with van der Waals surface area (Å²) in [6.07, 6.45) is -2.05. The molecule has 1 aliphatic heterocycles. The number of amides is 2. The quantitative estimate of drug-likeness (QED) is 0.0124. The lowest BCUT2D eigenvalue weighted by Gasteiger charge is -2.16. The van der Waals surface area contributed by atoms with Crippen LogP contribution in [0.25, 0.3) is 21.6 Å². The Morgan fingerprint density at radius 3 is 2.55 bits per heavy atom. The minimum absolute atomic E-state index is 0.00882. The van der Waals surface area contributed by atoms with E-state index in [1.165, 1.54) is 23.0 Å². The van der Waals surface area contributed by atoms with E-state index in [9.17, 15) is 34.7 Å². The third kappa shape index (κ3) is 10.2. The van der Waals surface area contributed by atoms with Gasteiger partial charge in [0.2, 0.25) is 17.6 Å². The van der Waals surface area contributed by atoms with Gasteiger partial charge in [-0.2, -0.15) is 9.97 Å². The van der Waals surface area contributed by atoms with Gasteiger partial charge in [0.15, 0.2) is 23.8 Å². The van der Waals surface area contributed by atoms with Gasteiger partial charge in [0.1, 0.15) is 17.7 Å². The molecule has 0 spiro atoms. The van der Waals surface area contributed by atoms with Gasteiger partial charge in [0, 0.05) is 49.1 Å². The number of aromatic nitrogens is 4. The molecule has 1 fully saturated rings. The van der Waals surface area contributed by atoms with Crippen LogP contribution in [0.3, 0.4) is 0 Å². The van der Waals surface area contributed by atoms with Crippen molar-refractivity contribution in [3.8, 4) is 5.75 Å². The number of carbonyl (C=O) groups is 3. The van der Waals surface area contributed by atoms with Crippen LogP contribution in [-0.4, -0.2) is 90.4 Å². The molecule has 21 heteroatoms. The summed E-state index contributed by atoms with van der Waals surface area (Å²) in [5.74, 6) is -1.55. The minimum Gasteiger partial charge on any atom is -0.419 e. The Hall–Kier alpha value is -6.41. The van der Waals surface area contributed by atoms with Crippen LogP contribution in [-0.2, 0) is 32.0 Å². The number of hydrogen-bond acceptors (Lipinski definition) is 15. The molecule has 0 bridgehead atoms. The number of esters is 1. The van der Waals surface area contributed by atoms with E-state index in [2.05, 4.69) is 40.9 Å². The Morgan fingerprint density at radius 2 is 1.84 bits per heavy atom. The molecule has 2 amide bonds. The molecule has 0 unspecified atom stereocenters. The number of fused-ring (bicyclic) bond motifs is 1. The number of nitrogens with one attached hydrogen (secondary N) is 3. The minimum atomic E-state index is -1.47. The van der Waals surface area contributed by atoms with Gasteiger partial charge in [0.05, 0.1) is 11.3 Å². The van der Waals surface area contributed by atoms with E-state index in [4.69, 9.17) is 20.7 Å². The average Bonchev–Trinajstić information content (AvgIpc) is 3.71. The van der Waals surface area contributed by atoms with Gasteiger partial charge in [-0.3, -0.25) is 29.1 Å². The molecule has 3 heterocycles. The summed E-state index contributed by atoms with van der Waals surface area (Å²) in [5, 5.41) is 44.4. The van der Waals surface area contributed by atoms with Crippen molar-refractivity contribution in [1.29, 1.82) is 0 Å². The normalized spacial score (nSPS) is 17.7. The number of nitrogens with zero attached hydrogens (tertiary/aromatic N) is 8. The predicted molar refractivity (Wildman–Crippen MR) is 197 cm³/mol. The zero-order valence-corrected chi connectivity index (χ0v) is 29.7. The van der Waals surface area contributed by atoms with Crippen molar-refractivity contribution < 1.29 is 39.0 Å². The number of azide groups is 1. The Balaban J connectivity index is 1.10. The van der Waals surface area contributed by atoms with Gasteiger partial charge in [-0.05, 0) is 61.4 Å². The fourth-order valence-corrected chi connectivity index (χ4v) is 5.75. The highest BCUT2D eigenvalue weighted by molar-refractivity contribution is 5.91. The van der Waals surface area contributed by atoms with Crippen molar-refractivity contribution in [2.45, 2.75) is 70.0 Å². The van der Waals surface area contributed by atoms with E-state index in [0.29, 0.717) is 38.8 Å². The number of likely N-dealkylation sites (N-methyl/N-ethyl adjacent to an activating group) is 1. The number of hydrogen-bond donors (Lipinski definition) is 6. The second kappa shape index (κ2) is 18.6. The Kier molecular flexibility index (Phi) is 13.4. The number of unbranched alkanes of at least 4 members (excludes halogenated alkanes) is 1. The lowest BCUT2D eigenvalue weighted by Crippen LogP contribution is -2.42. The van der Waals surface area contributed by atoms with Gasteiger partial charge < -0.3 is 41.4 Å². The Bertz CT molecular complexity index is 2070. The number of nitrogens with two attached hydrogens (primary N) is 1. The van der Waals surface area contributed by atoms with Crippen LogP contribution in [0.1, 0.15) is 50.0 Å². The lowest BCUT2D eigenvalue weighted by atomic mass is 10.1. The molecule has 2 aromatic carbocycles. The smallest absolute Gasteiger partial charge is 0.313 e. The van der Waals surface area contributed by atoms with Gasteiger partial charge in [-0.25, -0.2) is 4.98 Å². The molecule has 5 rings (SSSR count). The summed E-state index contributed by atoms with van der Waals surface area (Å²) in [5.41, 5.74) is 16.5. The standard InChI is InChI=1S/C34H40N12O9/c1-2-37-32(51)29-27(49)28(50)33(55-29)45-18-39-26-30(35)42-34(43-31(26)45)38-16-14-20-8-6-19(7-9-20)10-13-24(47)41-21-11-12-23(22(17-21)46(52)53)54-25(48)5-3-4-15-40-44-36/h6-9,11-12,17-18,27-29,33,49-50H,2-5,10,13-16H2,1H3,(H,37,51)(H,41,47)(H3,35,38,42,43)/t27-,28+,29-,33+/m0/s1. The molecule has 1 aliphatic rings. The monoisotopic (exact) mass is 760 g/mol. The molecule has 21 nitrogen and oxygen atoms in total. The number of ether oxygens (including phenoxy) is 2. The molecule has 1 saturated heterocycles. The average molecular weight is 761 g/mol. The van der Waals surface area contributed by atoms with Crippen molar-refractivity contribution in [3.05, 3.63) is 80.5 Å². The number of nitro groups is 1. The van der Waals surface area contributed by atoms with Gasteiger partial charge in [-0.1, -0.05) is 29.4 Å². The highest BCUT2D eigenvalue weighted by Crippen LogP contribution is 2.33. The third-order valence-electron chi connectivity index (χ3n) is 8.55. The lowest BCUT2D eigenvalue weighted by molar-refractivity contribution is -0.385. The maximum atomic E-state index is 12.7. The summed E-state index contributed by atoms with van der Waals surface area (Å²) >= 11 is 0. The maximum Gasteiger partial charge on any atom is 0.313 e. The molecule has 7 N–H and O–H groups in total. The van der Waals surface area contributed by atoms with Crippen LogP contribution in [0.15, 0.2) is 53.9 Å². The zero-order valence-electron chi connectivity index (χ0n) is 29.7. The number of nitrogen functional groups attached to an aromatic ring is 1. The highest BCUT2D eigenvalue weighted by Gasteiger charge is 2.47. The first kappa shape index (κ1) is 39.8. The van der Waals surface area contributed by atoms with Gasteiger partial charge in [0.25, 0.3) is 5.91 Å².